The van der Waals surface area contributed by atoms with Gasteiger partial charge >= 0.3 is 0 Å². The number of aromatic nitrogens is 3. The standard InChI is InChI=1S/C16H13ClN4OS/c1-10-14(23-16(20-10)12-5-3-7-18-9-12)11(2)21-22-15-13(17)6-4-8-19-15/h3-9H,1-2H3. The zero-order valence-electron chi connectivity index (χ0n) is 12.5. The van der Waals surface area contributed by atoms with Crippen molar-refractivity contribution in [1.82, 2.24) is 15.0 Å². The minimum Gasteiger partial charge on any atom is -0.335 e. The molecular weight excluding hydrogens is 332 g/mol. The van der Waals surface area contributed by atoms with Gasteiger partial charge in [-0.3, -0.25) is 4.98 Å². The van der Waals surface area contributed by atoms with Gasteiger partial charge in [-0.15, -0.1) is 11.3 Å². The Labute approximate surface area is 142 Å². The van der Waals surface area contributed by atoms with Gasteiger partial charge in [-0.1, -0.05) is 16.8 Å². The lowest BCUT2D eigenvalue weighted by atomic mass is 10.3. The molecule has 0 N–H and O–H groups in total. The minimum absolute atomic E-state index is 0.281. The van der Waals surface area contributed by atoms with Gasteiger partial charge in [-0.25, -0.2) is 9.97 Å². The van der Waals surface area contributed by atoms with E-state index in [0.29, 0.717) is 5.02 Å². The van der Waals surface area contributed by atoms with Crippen molar-refractivity contribution < 1.29 is 4.84 Å². The van der Waals surface area contributed by atoms with Gasteiger partial charge in [0.25, 0.3) is 5.88 Å². The number of halogens is 1. The molecule has 0 aliphatic heterocycles. The van der Waals surface area contributed by atoms with Gasteiger partial charge in [-0.05, 0) is 38.1 Å². The smallest absolute Gasteiger partial charge is 0.267 e. The number of rotatable bonds is 4. The fraction of sp³-hybridized carbons (Fsp3) is 0.125. The van der Waals surface area contributed by atoms with Gasteiger partial charge in [0.2, 0.25) is 0 Å². The number of hydrogen-bond acceptors (Lipinski definition) is 6. The fourth-order valence-corrected chi connectivity index (χ4v) is 3.09. The maximum Gasteiger partial charge on any atom is 0.267 e. The van der Waals surface area contributed by atoms with Gasteiger partial charge < -0.3 is 4.84 Å². The predicted molar refractivity (Wildman–Crippen MR) is 92.2 cm³/mol. The third kappa shape index (κ3) is 3.55. The summed E-state index contributed by atoms with van der Waals surface area (Å²) in [5.41, 5.74) is 2.59. The van der Waals surface area contributed by atoms with E-state index in [0.717, 1.165) is 26.9 Å². The van der Waals surface area contributed by atoms with E-state index in [9.17, 15) is 0 Å². The highest BCUT2D eigenvalue weighted by Gasteiger charge is 2.13. The molecular formula is C16H13ClN4OS. The summed E-state index contributed by atoms with van der Waals surface area (Å²) < 4.78 is 0. The Hall–Kier alpha value is -2.31. The average molecular weight is 345 g/mol. The van der Waals surface area contributed by atoms with Crippen molar-refractivity contribution in [3.63, 3.8) is 0 Å². The van der Waals surface area contributed by atoms with E-state index >= 15 is 0 Å². The van der Waals surface area contributed by atoms with Gasteiger partial charge in [0, 0.05) is 24.2 Å². The highest BCUT2D eigenvalue weighted by atomic mass is 35.5. The molecule has 0 amide bonds. The van der Waals surface area contributed by atoms with Gasteiger partial charge in [0.15, 0.2) is 0 Å². The second-order valence-corrected chi connectivity index (χ2v) is 6.14. The molecule has 116 valence electrons. The van der Waals surface area contributed by atoms with Crippen LogP contribution < -0.4 is 4.84 Å². The van der Waals surface area contributed by atoms with Crippen LogP contribution in [0.1, 0.15) is 17.5 Å². The second-order valence-electron chi connectivity index (χ2n) is 4.73. The quantitative estimate of drug-likeness (QED) is 0.521. The van der Waals surface area contributed by atoms with E-state index < -0.39 is 0 Å². The number of thiazole rings is 1. The summed E-state index contributed by atoms with van der Waals surface area (Å²) in [4.78, 5) is 19.0. The SMILES string of the molecule is CC(=NOc1ncccc1Cl)c1sc(-c2cccnc2)nc1C. The van der Waals surface area contributed by atoms with E-state index in [2.05, 4.69) is 20.1 Å². The molecule has 7 heteroatoms. The number of hydrogen-bond donors (Lipinski definition) is 0. The van der Waals surface area contributed by atoms with Crippen LogP contribution in [0.3, 0.4) is 0 Å². The van der Waals surface area contributed by atoms with E-state index in [1.54, 1.807) is 42.1 Å². The first-order valence-electron chi connectivity index (χ1n) is 6.85. The van der Waals surface area contributed by atoms with Gasteiger partial charge in [0.1, 0.15) is 10.0 Å². The predicted octanol–water partition coefficient (Wildman–Crippen LogP) is 4.36. The highest BCUT2D eigenvalue weighted by Crippen LogP contribution is 2.28. The lowest BCUT2D eigenvalue weighted by molar-refractivity contribution is 0.328. The maximum absolute atomic E-state index is 6.00. The van der Waals surface area contributed by atoms with Crippen LogP contribution >= 0.6 is 22.9 Å². The molecule has 0 atom stereocenters. The molecule has 0 aliphatic rings. The van der Waals surface area contributed by atoms with Gasteiger partial charge in [-0.2, -0.15) is 0 Å². The summed E-state index contributed by atoms with van der Waals surface area (Å²) in [6, 6.07) is 7.30. The Kier molecular flexibility index (Phi) is 4.64. The zero-order chi connectivity index (χ0) is 16.2. The minimum atomic E-state index is 0.281. The maximum atomic E-state index is 6.00. The van der Waals surface area contributed by atoms with Crippen LogP contribution in [0, 0.1) is 6.92 Å². The molecule has 0 aromatic carbocycles. The van der Waals surface area contributed by atoms with Crippen LogP contribution in [0.25, 0.3) is 10.6 Å². The number of oxime groups is 1. The molecule has 0 radical (unpaired) electrons. The summed E-state index contributed by atoms with van der Waals surface area (Å²) in [5.74, 6) is 0.281. The van der Waals surface area contributed by atoms with E-state index in [1.807, 2.05) is 26.0 Å². The topological polar surface area (TPSA) is 60.3 Å². The Morgan fingerprint density at radius 3 is 2.83 bits per heavy atom. The third-order valence-electron chi connectivity index (χ3n) is 3.03. The van der Waals surface area contributed by atoms with Crippen LogP contribution in [0.15, 0.2) is 48.0 Å². The summed E-state index contributed by atoms with van der Waals surface area (Å²) in [5, 5.41) is 5.43. The van der Waals surface area contributed by atoms with Crippen LogP contribution in [-0.4, -0.2) is 20.7 Å². The number of aryl methyl sites for hydroxylation is 1. The Morgan fingerprint density at radius 1 is 1.26 bits per heavy atom. The average Bonchev–Trinajstić information content (AvgIpc) is 2.97. The second kappa shape index (κ2) is 6.85. The van der Waals surface area contributed by atoms with Crippen molar-refractivity contribution in [1.29, 1.82) is 0 Å². The molecule has 3 rings (SSSR count). The van der Waals surface area contributed by atoms with E-state index in [4.69, 9.17) is 16.4 Å². The molecule has 5 nitrogen and oxygen atoms in total. The summed E-state index contributed by atoms with van der Waals surface area (Å²) >= 11 is 7.54. The van der Waals surface area contributed by atoms with Crippen LogP contribution in [0.2, 0.25) is 5.02 Å². The van der Waals surface area contributed by atoms with Crippen molar-refractivity contribution in [2.45, 2.75) is 13.8 Å². The molecule has 3 aromatic heterocycles. The molecule has 0 saturated heterocycles. The molecule has 3 heterocycles. The zero-order valence-corrected chi connectivity index (χ0v) is 14.1. The first kappa shape index (κ1) is 15.6. The summed E-state index contributed by atoms with van der Waals surface area (Å²) in [6.07, 6.45) is 5.13. The fourth-order valence-electron chi connectivity index (χ4n) is 1.94. The van der Waals surface area contributed by atoms with Gasteiger partial charge in [0.05, 0.1) is 16.3 Å². The highest BCUT2D eigenvalue weighted by molar-refractivity contribution is 7.17. The largest absolute Gasteiger partial charge is 0.335 e. The molecule has 0 saturated carbocycles. The molecule has 0 bridgehead atoms. The number of pyridine rings is 2. The molecule has 23 heavy (non-hydrogen) atoms. The van der Waals surface area contributed by atoms with E-state index in [-0.39, 0.29) is 5.88 Å². The summed E-state index contributed by atoms with van der Waals surface area (Å²) in [6.45, 7) is 3.81. The van der Waals surface area contributed by atoms with Crippen LogP contribution in [-0.2, 0) is 0 Å². The number of nitrogens with zero attached hydrogens (tertiary/aromatic N) is 4. The molecule has 0 fully saturated rings. The lowest BCUT2D eigenvalue weighted by Crippen LogP contribution is -1.98. The lowest BCUT2D eigenvalue weighted by Gasteiger charge is -2.01. The van der Waals surface area contributed by atoms with Crippen molar-refractivity contribution in [2.75, 3.05) is 0 Å². The molecule has 0 aliphatic carbocycles. The first-order valence-corrected chi connectivity index (χ1v) is 8.05. The van der Waals surface area contributed by atoms with Crippen molar-refractivity contribution in [2.24, 2.45) is 5.16 Å². The van der Waals surface area contributed by atoms with E-state index in [1.165, 1.54) is 0 Å². The molecule has 0 spiro atoms. The normalized spacial score (nSPS) is 11.5. The van der Waals surface area contributed by atoms with Crippen LogP contribution in [0.5, 0.6) is 5.88 Å². The first-order chi connectivity index (χ1) is 11.1. The van der Waals surface area contributed by atoms with Crippen molar-refractivity contribution >= 4 is 28.6 Å². The monoisotopic (exact) mass is 344 g/mol. The Balaban J connectivity index is 1.85. The molecule has 3 aromatic rings. The molecule has 0 unspecified atom stereocenters. The third-order valence-corrected chi connectivity index (χ3v) is 4.63. The van der Waals surface area contributed by atoms with Crippen molar-refractivity contribution in [3.05, 3.63) is 58.4 Å². The van der Waals surface area contributed by atoms with Crippen LogP contribution in [0.4, 0.5) is 0 Å². The van der Waals surface area contributed by atoms with Crippen molar-refractivity contribution in [3.8, 4) is 16.5 Å². The Morgan fingerprint density at radius 2 is 2.09 bits per heavy atom. The summed E-state index contributed by atoms with van der Waals surface area (Å²) in [7, 11) is 0. The Bertz CT molecular complexity index is 848.